The quantitative estimate of drug-likeness (QED) is 0.227. The summed E-state index contributed by atoms with van der Waals surface area (Å²) < 4.78 is 5.61. The van der Waals surface area contributed by atoms with Gasteiger partial charge in [0.05, 0.1) is 6.10 Å². The van der Waals surface area contributed by atoms with Crippen molar-refractivity contribution in [2.24, 2.45) is 0 Å². The molecule has 0 radical (unpaired) electrons. The Bertz CT molecular complexity index is 1440. The summed E-state index contributed by atoms with van der Waals surface area (Å²) in [5, 5.41) is 15.6. The average Bonchev–Trinajstić information content (AvgIpc) is 3.48. The third-order valence-electron chi connectivity index (χ3n) is 6.05. The van der Waals surface area contributed by atoms with Crippen molar-refractivity contribution in [1.29, 1.82) is 0 Å². The molecule has 2 aromatic carbocycles. The van der Waals surface area contributed by atoms with E-state index in [0.29, 0.717) is 12.2 Å². The van der Waals surface area contributed by atoms with Crippen LogP contribution in [0.4, 0.5) is 0 Å². The lowest BCUT2D eigenvalue weighted by Crippen LogP contribution is -2.29. The zero-order chi connectivity index (χ0) is 27.4. The number of carboxylic acids is 1. The number of benzene rings is 2. The molecule has 6 nitrogen and oxygen atoms in total. The van der Waals surface area contributed by atoms with Gasteiger partial charge >= 0.3 is 5.97 Å². The van der Waals surface area contributed by atoms with E-state index in [2.05, 4.69) is 21.7 Å². The van der Waals surface area contributed by atoms with E-state index in [0.717, 1.165) is 37.0 Å². The number of rotatable bonds is 10. The van der Waals surface area contributed by atoms with Gasteiger partial charge < -0.3 is 15.2 Å². The fourth-order valence-corrected chi connectivity index (χ4v) is 6.03. The van der Waals surface area contributed by atoms with Crippen molar-refractivity contribution in [3.05, 3.63) is 86.7 Å². The Balaban J connectivity index is 1.58. The van der Waals surface area contributed by atoms with Crippen LogP contribution in [-0.4, -0.2) is 34.2 Å². The zero-order valence-electron chi connectivity index (χ0n) is 22.2. The van der Waals surface area contributed by atoms with Crippen LogP contribution < -0.4 is 5.32 Å². The third kappa shape index (κ3) is 6.75. The van der Waals surface area contributed by atoms with Crippen LogP contribution in [0.15, 0.2) is 53.9 Å². The number of thiazole rings is 1. The molecule has 1 unspecified atom stereocenters. The minimum Gasteiger partial charge on any atom is -0.479 e. The first kappa shape index (κ1) is 27.7. The van der Waals surface area contributed by atoms with Gasteiger partial charge in [-0.25, -0.2) is 9.78 Å². The third-order valence-corrected chi connectivity index (χ3v) is 8.15. The van der Waals surface area contributed by atoms with Crippen LogP contribution in [0.2, 0.25) is 0 Å². The largest absolute Gasteiger partial charge is 0.479 e. The molecule has 4 rings (SSSR count). The van der Waals surface area contributed by atoms with E-state index in [1.165, 1.54) is 22.5 Å². The molecule has 1 amide bonds. The van der Waals surface area contributed by atoms with Gasteiger partial charge in [-0.1, -0.05) is 48.0 Å². The van der Waals surface area contributed by atoms with E-state index in [1.54, 1.807) is 11.3 Å². The predicted octanol–water partition coefficient (Wildman–Crippen LogP) is 6.81. The Kier molecular flexibility index (Phi) is 8.76. The molecule has 8 heteroatoms. The molecule has 198 valence electrons. The van der Waals surface area contributed by atoms with Crippen LogP contribution in [-0.2, 0) is 22.5 Å². The van der Waals surface area contributed by atoms with Crippen LogP contribution >= 0.6 is 22.7 Å². The highest BCUT2D eigenvalue weighted by molar-refractivity contribution is 7.15. The van der Waals surface area contributed by atoms with E-state index in [1.807, 2.05) is 77.1 Å². The number of nitrogens with one attached hydrogen (secondary N) is 1. The summed E-state index contributed by atoms with van der Waals surface area (Å²) in [7, 11) is 0. The number of nitrogens with zero attached hydrogens (tertiary/aromatic N) is 1. The Morgan fingerprint density at radius 1 is 1.03 bits per heavy atom. The monoisotopic (exact) mass is 548 g/mol. The highest BCUT2D eigenvalue weighted by Crippen LogP contribution is 2.32. The molecule has 2 heterocycles. The van der Waals surface area contributed by atoms with Gasteiger partial charge in [-0.05, 0) is 68.3 Å². The summed E-state index contributed by atoms with van der Waals surface area (Å²) in [6, 6.07) is 16.1. The minimum absolute atomic E-state index is 0.200. The maximum absolute atomic E-state index is 13.2. The van der Waals surface area contributed by atoms with Crippen LogP contribution in [0.5, 0.6) is 0 Å². The molecule has 38 heavy (non-hydrogen) atoms. The lowest BCUT2D eigenvalue weighted by Gasteiger charge is -2.18. The molecule has 4 aromatic rings. The number of aromatic nitrogens is 1. The maximum atomic E-state index is 13.2. The molecule has 2 aromatic heterocycles. The summed E-state index contributed by atoms with van der Waals surface area (Å²) in [6.07, 6.45) is -0.900. The Hall–Kier alpha value is -3.33. The molecule has 0 bridgehead atoms. The number of amides is 1. The van der Waals surface area contributed by atoms with Gasteiger partial charge in [0, 0.05) is 28.3 Å². The van der Waals surface area contributed by atoms with Crippen molar-refractivity contribution in [1.82, 2.24) is 10.3 Å². The van der Waals surface area contributed by atoms with E-state index >= 15 is 0 Å². The first-order valence-electron chi connectivity index (χ1n) is 12.5. The number of carbonyl (C=O) groups is 2. The van der Waals surface area contributed by atoms with Gasteiger partial charge in [0.1, 0.15) is 10.7 Å². The van der Waals surface area contributed by atoms with Crippen LogP contribution in [0.25, 0.3) is 21.0 Å². The number of ether oxygens (including phenoxy) is 1. The minimum atomic E-state index is -0.991. The second-order valence-corrected chi connectivity index (χ2v) is 11.8. The van der Waals surface area contributed by atoms with Crippen molar-refractivity contribution in [2.75, 3.05) is 0 Å². The van der Waals surface area contributed by atoms with E-state index in [9.17, 15) is 14.7 Å². The molecule has 0 fully saturated rings. The molecule has 0 aliphatic carbocycles. The number of aryl methyl sites for hydroxylation is 3. The van der Waals surface area contributed by atoms with Gasteiger partial charge in [0.2, 0.25) is 0 Å². The summed E-state index contributed by atoms with van der Waals surface area (Å²) in [5.74, 6) is -1.22. The van der Waals surface area contributed by atoms with Gasteiger partial charge in [-0.15, -0.1) is 22.7 Å². The Labute approximate surface area is 231 Å². The van der Waals surface area contributed by atoms with Crippen LogP contribution in [0.3, 0.4) is 0 Å². The van der Waals surface area contributed by atoms with Crippen molar-refractivity contribution < 1.29 is 19.4 Å². The van der Waals surface area contributed by atoms with Crippen LogP contribution in [0.1, 0.15) is 51.5 Å². The van der Waals surface area contributed by atoms with Crippen molar-refractivity contribution in [2.45, 2.75) is 59.8 Å². The molecular weight excluding hydrogens is 516 g/mol. The first-order valence-corrected chi connectivity index (χ1v) is 14.2. The van der Waals surface area contributed by atoms with Gasteiger partial charge in [0.25, 0.3) is 5.91 Å². The topological polar surface area (TPSA) is 88.5 Å². The van der Waals surface area contributed by atoms with E-state index in [4.69, 9.17) is 4.74 Å². The smallest absolute Gasteiger partial charge is 0.333 e. The zero-order valence-corrected chi connectivity index (χ0v) is 23.8. The number of carbonyl (C=O) groups excluding carboxylic acids is 1. The molecule has 0 aliphatic rings. The number of aliphatic carboxylic acids is 1. The molecule has 0 aliphatic heterocycles. The standard InChI is InChI=1S/C30H32N2O4S2/c1-17(2)36-25(30(34)35)14-21-8-11-24(26-12-19(4)16-37-26)23(13-21)15-31-28(33)27-20(5)38-29(32-27)22-9-6-18(3)7-10-22/h6-13,16-17,25H,14-15H2,1-5H3,(H,31,33)(H,34,35). The van der Waals surface area contributed by atoms with Gasteiger partial charge in [0.15, 0.2) is 6.10 Å². The summed E-state index contributed by atoms with van der Waals surface area (Å²) >= 11 is 3.15. The maximum Gasteiger partial charge on any atom is 0.333 e. The van der Waals surface area contributed by atoms with Crippen molar-refractivity contribution in [3.8, 4) is 21.0 Å². The highest BCUT2D eigenvalue weighted by atomic mass is 32.1. The van der Waals surface area contributed by atoms with Gasteiger partial charge in [-0.2, -0.15) is 0 Å². The Morgan fingerprint density at radius 2 is 1.76 bits per heavy atom. The first-order chi connectivity index (χ1) is 18.1. The number of carboxylic acid groups (broad SMARTS) is 1. The SMILES string of the molecule is Cc1ccc(-c2nc(C(=O)NCc3cc(CC(OC(C)C)C(=O)O)ccc3-c3cc(C)cs3)c(C)s2)cc1. The number of thiophene rings is 1. The van der Waals surface area contributed by atoms with Crippen molar-refractivity contribution in [3.63, 3.8) is 0 Å². The molecule has 1 atom stereocenters. The fourth-order valence-electron chi connectivity index (χ4n) is 4.16. The van der Waals surface area contributed by atoms with Crippen LogP contribution in [0, 0.1) is 20.8 Å². The molecular formula is C30H32N2O4S2. The normalized spacial score (nSPS) is 12.1. The fraction of sp³-hybridized carbons (Fsp3) is 0.300. The van der Waals surface area contributed by atoms with E-state index in [-0.39, 0.29) is 18.4 Å². The number of hydrogen-bond acceptors (Lipinski definition) is 6. The van der Waals surface area contributed by atoms with Crippen molar-refractivity contribution >= 4 is 34.6 Å². The highest BCUT2D eigenvalue weighted by Gasteiger charge is 2.22. The predicted molar refractivity (Wildman–Crippen MR) is 154 cm³/mol. The molecule has 0 spiro atoms. The second-order valence-electron chi connectivity index (χ2n) is 9.67. The number of hydrogen-bond donors (Lipinski definition) is 2. The second kappa shape index (κ2) is 12.0. The summed E-state index contributed by atoms with van der Waals surface area (Å²) in [6.45, 7) is 9.93. The lowest BCUT2D eigenvalue weighted by molar-refractivity contribution is -0.153. The summed E-state index contributed by atoms with van der Waals surface area (Å²) in [5.41, 5.74) is 6.52. The lowest BCUT2D eigenvalue weighted by atomic mass is 9.98. The molecule has 0 saturated carbocycles. The molecule has 0 saturated heterocycles. The Morgan fingerprint density at radius 3 is 2.39 bits per heavy atom. The van der Waals surface area contributed by atoms with Gasteiger partial charge in [-0.3, -0.25) is 4.79 Å². The average molecular weight is 549 g/mol. The van der Waals surface area contributed by atoms with E-state index < -0.39 is 12.1 Å². The molecule has 2 N–H and O–H groups in total. The summed E-state index contributed by atoms with van der Waals surface area (Å²) in [4.78, 5) is 31.5.